The Balaban J connectivity index is 0.00000576. The second kappa shape index (κ2) is 12.6. The van der Waals surface area contributed by atoms with Crippen molar-refractivity contribution in [2.75, 3.05) is 19.6 Å². The van der Waals surface area contributed by atoms with Crippen LogP contribution in [0.4, 0.5) is 0 Å². The molecule has 0 bridgehead atoms. The van der Waals surface area contributed by atoms with Gasteiger partial charge in [0, 0.05) is 29.1 Å². The summed E-state index contributed by atoms with van der Waals surface area (Å²) < 4.78 is 0. The first-order valence-corrected chi connectivity index (χ1v) is 8.88. The van der Waals surface area contributed by atoms with Gasteiger partial charge < -0.3 is 16.0 Å². The van der Waals surface area contributed by atoms with Gasteiger partial charge in [0.25, 0.3) is 0 Å². The van der Waals surface area contributed by atoms with Crippen molar-refractivity contribution in [3.05, 3.63) is 33.8 Å². The average Bonchev–Trinajstić information content (AvgIpc) is 2.50. The Morgan fingerprint density at radius 3 is 2.44 bits per heavy atom. The molecular weight excluding hydrogens is 474 g/mol. The normalized spacial score (nSPS) is 12.4. The van der Waals surface area contributed by atoms with Gasteiger partial charge in [0.1, 0.15) is 0 Å². The molecule has 5 nitrogen and oxygen atoms in total. The van der Waals surface area contributed by atoms with Gasteiger partial charge in [-0.2, -0.15) is 0 Å². The topological polar surface area (TPSA) is 65.5 Å². The van der Waals surface area contributed by atoms with Crippen LogP contribution in [0.5, 0.6) is 0 Å². The van der Waals surface area contributed by atoms with Crippen LogP contribution in [-0.2, 0) is 4.79 Å². The summed E-state index contributed by atoms with van der Waals surface area (Å²) in [6, 6.07) is 5.40. The predicted octanol–water partition coefficient (Wildman–Crippen LogP) is 4.00. The van der Waals surface area contributed by atoms with Crippen molar-refractivity contribution in [3.8, 4) is 0 Å². The fourth-order valence-corrected chi connectivity index (χ4v) is 2.58. The molecule has 3 N–H and O–H groups in total. The number of carbonyl (C=O) groups excluding carboxylic acids is 1. The Bertz CT molecular complexity index is 582. The van der Waals surface area contributed by atoms with Crippen molar-refractivity contribution in [3.63, 3.8) is 0 Å². The number of nitrogens with one attached hydrogen (secondary N) is 3. The number of halogens is 3. The third-order valence-electron chi connectivity index (χ3n) is 3.33. The first-order chi connectivity index (χ1) is 11.3. The summed E-state index contributed by atoms with van der Waals surface area (Å²) in [7, 11) is 0. The van der Waals surface area contributed by atoms with Gasteiger partial charge >= 0.3 is 0 Å². The molecule has 1 amide bonds. The van der Waals surface area contributed by atoms with Crippen molar-refractivity contribution < 1.29 is 4.79 Å². The molecule has 8 heteroatoms. The summed E-state index contributed by atoms with van der Waals surface area (Å²) in [5.74, 6) is 0.687. The number of amides is 1. The van der Waals surface area contributed by atoms with Crippen molar-refractivity contribution in [2.24, 2.45) is 10.9 Å². The lowest BCUT2D eigenvalue weighted by atomic mass is 10.1. The number of hydrogen-bond acceptors (Lipinski definition) is 2. The quantitative estimate of drug-likeness (QED) is 0.229. The number of guanidine groups is 1. The predicted molar refractivity (Wildman–Crippen MR) is 117 cm³/mol. The van der Waals surface area contributed by atoms with Crippen LogP contribution in [0.15, 0.2) is 23.2 Å². The van der Waals surface area contributed by atoms with Gasteiger partial charge in [-0.3, -0.25) is 9.79 Å². The maximum atomic E-state index is 11.5. The van der Waals surface area contributed by atoms with Gasteiger partial charge in [-0.05, 0) is 31.5 Å². The van der Waals surface area contributed by atoms with Crippen LogP contribution >= 0.6 is 47.2 Å². The van der Waals surface area contributed by atoms with E-state index in [0.717, 1.165) is 12.1 Å². The lowest BCUT2D eigenvalue weighted by molar-refractivity contribution is -0.123. The lowest BCUT2D eigenvalue weighted by Crippen LogP contribution is -2.39. The number of carbonyl (C=O) groups is 1. The van der Waals surface area contributed by atoms with Crippen molar-refractivity contribution in [1.82, 2.24) is 16.0 Å². The van der Waals surface area contributed by atoms with Gasteiger partial charge in [0.15, 0.2) is 5.96 Å². The zero-order valence-electron chi connectivity index (χ0n) is 15.0. The van der Waals surface area contributed by atoms with E-state index in [0.29, 0.717) is 29.1 Å². The van der Waals surface area contributed by atoms with Crippen LogP contribution in [0.1, 0.15) is 39.3 Å². The monoisotopic (exact) mass is 500 g/mol. The highest BCUT2D eigenvalue weighted by Gasteiger charge is 2.12. The van der Waals surface area contributed by atoms with Gasteiger partial charge in [-0.15, -0.1) is 24.0 Å². The first kappa shape index (κ1) is 24.3. The smallest absolute Gasteiger partial charge is 0.222 e. The van der Waals surface area contributed by atoms with Crippen LogP contribution < -0.4 is 16.0 Å². The summed E-state index contributed by atoms with van der Waals surface area (Å²) >= 11 is 12.2. The third-order valence-corrected chi connectivity index (χ3v) is 3.89. The number of nitrogens with zero attached hydrogens (tertiary/aromatic N) is 1. The Kier molecular flexibility index (Phi) is 12.2. The Morgan fingerprint density at radius 1 is 1.20 bits per heavy atom. The van der Waals surface area contributed by atoms with Crippen molar-refractivity contribution >= 4 is 59.0 Å². The van der Waals surface area contributed by atoms with Crippen LogP contribution in [0.25, 0.3) is 0 Å². The zero-order chi connectivity index (χ0) is 18.1. The van der Waals surface area contributed by atoms with E-state index in [4.69, 9.17) is 23.2 Å². The third kappa shape index (κ3) is 8.96. The van der Waals surface area contributed by atoms with E-state index in [9.17, 15) is 4.79 Å². The van der Waals surface area contributed by atoms with Gasteiger partial charge in [0.05, 0.1) is 12.6 Å². The van der Waals surface area contributed by atoms with Gasteiger partial charge in [0.2, 0.25) is 5.91 Å². The van der Waals surface area contributed by atoms with Crippen LogP contribution in [0.3, 0.4) is 0 Å². The summed E-state index contributed by atoms with van der Waals surface area (Å²) in [5.41, 5.74) is 0.944. The Morgan fingerprint density at radius 2 is 1.88 bits per heavy atom. The maximum absolute atomic E-state index is 11.5. The van der Waals surface area contributed by atoms with E-state index in [1.54, 1.807) is 6.07 Å². The van der Waals surface area contributed by atoms with E-state index >= 15 is 0 Å². The fraction of sp³-hybridized carbons (Fsp3) is 0.529. The molecule has 0 spiro atoms. The molecule has 1 aromatic carbocycles. The van der Waals surface area contributed by atoms with E-state index in [1.165, 1.54) is 0 Å². The summed E-state index contributed by atoms with van der Waals surface area (Å²) in [6.45, 7) is 9.47. The molecular formula is C17H27Cl2IN4O. The lowest BCUT2D eigenvalue weighted by Gasteiger charge is -2.19. The highest BCUT2D eigenvalue weighted by atomic mass is 127. The molecule has 0 aromatic heterocycles. The second-order valence-electron chi connectivity index (χ2n) is 5.74. The first-order valence-electron chi connectivity index (χ1n) is 8.12. The summed E-state index contributed by atoms with van der Waals surface area (Å²) in [5, 5.41) is 10.6. The van der Waals surface area contributed by atoms with E-state index < -0.39 is 0 Å². The Hall–Kier alpha value is -0.730. The van der Waals surface area contributed by atoms with Gasteiger partial charge in [-0.25, -0.2) is 0 Å². The molecule has 0 saturated carbocycles. The van der Waals surface area contributed by atoms with Crippen LogP contribution in [-0.4, -0.2) is 31.5 Å². The summed E-state index contributed by atoms with van der Waals surface area (Å²) in [6.07, 6.45) is 0. The minimum atomic E-state index is -0.0298. The zero-order valence-corrected chi connectivity index (χ0v) is 18.9. The van der Waals surface area contributed by atoms with Crippen molar-refractivity contribution in [1.29, 1.82) is 0 Å². The molecule has 0 aliphatic heterocycles. The van der Waals surface area contributed by atoms with E-state index in [-0.39, 0.29) is 41.8 Å². The number of hydrogen-bond donors (Lipinski definition) is 3. The number of rotatable bonds is 7. The fourth-order valence-electron chi connectivity index (χ4n) is 2.01. The van der Waals surface area contributed by atoms with Crippen LogP contribution in [0.2, 0.25) is 10.0 Å². The maximum Gasteiger partial charge on any atom is 0.222 e. The summed E-state index contributed by atoms with van der Waals surface area (Å²) in [4.78, 5) is 16.0. The molecule has 25 heavy (non-hydrogen) atoms. The second-order valence-corrected chi connectivity index (χ2v) is 6.58. The molecule has 142 valence electrons. The molecule has 0 fully saturated rings. The molecule has 0 aliphatic rings. The highest BCUT2D eigenvalue weighted by molar-refractivity contribution is 14.0. The van der Waals surface area contributed by atoms with E-state index in [2.05, 4.69) is 20.9 Å². The van der Waals surface area contributed by atoms with Crippen molar-refractivity contribution in [2.45, 2.75) is 33.7 Å². The molecule has 0 heterocycles. The molecule has 0 radical (unpaired) electrons. The van der Waals surface area contributed by atoms with E-state index in [1.807, 2.05) is 39.8 Å². The van der Waals surface area contributed by atoms with Gasteiger partial charge in [-0.1, -0.05) is 43.1 Å². The molecule has 0 aliphatic carbocycles. The molecule has 1 unspecified atom stereocenters. The highest BCUT2D eigenvalue weighted by Crippen LogP contribution is 2.25. The molecule has 1 rings (SSSR count). The molecule has 0 saturated heterocycles. The largest absolute Gasteiger partial charge is 0.357 e. The standard InChI is InChI=1S/C17H26Cl2N4O.HI/c1-5-20-17(22-9-8-21-16(24)11(2)3)23-12(4)14-7-6-13(18)10-15(14)19;/h6-7,10-12H,5,8-9H2,1-4H3,(H,21,24)(H2,20,22,23);1H. The number of aliphatic imine (C=N–C) groups is 1. The minimum Gasteiger partial charge on any atom is -0.357 e. The Labute approximate surface area is 177 Å². The molecule has 1 atom stereocenters. The van der Waals surface area contributed by atoms with Crippen LogP contribution in [0, 0.1) is 5.92 Å². The SMILES string of the molecule is CCNC(=NCCNC(=O)C(C)C)NC(C)c1ccc(Cl)cc1Cl.I. The average molecular weight is 501 g/mol. The molecule has 1 aromatic rings. The number of benzene rings is 1. The minimum absolute atomic E-state index is 0.